The summed E-state index contributed by atoms with van der Waals surface area (Å²) >= 11 is 0. The molecule has 10 heteroatoms. The van der Waals surface area contributed by atoms with Crippen molar-refractivity contribution in [1.29, 1.82) is 0 Å². The Balaban J connectivity index is 1.09. The molecule has 10 nitrogen and oxygen atoms in total. The SMILES string of the molecule is CCCCOc1ccc2oc(C(=O)N[C@H](Cc3ccc4ccccc4c3)C(=O)N3CCN(c4ccccc4CN4CCCC4=O)CC3)cc(=O)c2c1. The number of fused-ring (bicyclic) bond motifs is 2. The molecule has 2 aliphatic heterocycles. The number of carbonyl (C=O) groups excluding carboxylic acids is 3. The summed E-state index contributed by atoms with van der Waals surface area (Å²) in [5.41, 5.74) is 2.97. The van der Waals surface area contributed by atoms with Gasteiger partial charge in [0.25, 0.3) is 5.91 Å². The first-order valence-corrected chi connectivity index (χ1v) is 18.2. The fourth-order valence-electron chi connectivity index (χ4n) is 7.12. The zero-order chi connectivity index (χ0) is 36.0. The third-order valence-corrected chi connectivity index (χ3v) is 10.0. The molecule has 2 saturated heterocycles. The summed E-state index contributed by atoms with van der Waals surface area (Å²) in [6.07, 6.45) is 3.64. The highest BCUT2D eigenvalue weighted by atomic mass is 16.5. The van der Waals surface area contributed by atoms with Gasteiger partial charge in [-0.25, -0.2) is 0 Å². The van der Waals surface area contributed by atoms with Crippen LogP contribution >= 0.6 is 0 Å². The van der Waals surface area contributed by atoms with Crippen LogP contribution in [0.4, 0.5) is 5.69 Å². The standard InChI is InChI=1S/C42H44N4O6/c1-2-3-23-51-33-16-17-38-34(26-33)37(47)27-39(52-38)41(49)43-35(25-29-14-15-30-9-4-5-10-31(30)24-29)42(50)45-21-19-44(20-22-45)36-12-7-6-11-32(36)28-46-18-8-13-40(46)48/h4-7,9-12,14-17,24,26-27,35H,2-3,8,13,18-23,25,28H2,1H3,(H,43,49)/t35-/m1/s1. The van der Waals surface area contributed by atoms with Gasteiger partial charge < -0.3 is 29.2 Å². The predicted octanol–water partition coefficient (Wildman–Crippen LogP) is 5.94. The molecule has 7 rings (SSSR count). The van der Waals surface area contributed by atoms with Crippen LogP contribution in [-0.2, 0) is 22.6 Å². The lowest BCUT2D eigenvalue weighted by Gasteiger charge is -2.38. The number of hydrogen-bond donors (Lipinski definition) is 1. The van der Waals surface area contributed by atoms with Gasteiger partial charge in [0.15, 0.2) is 11.2 Å². The van der Waals surface area contributed by atoms with Crippen molar-refractivity contribution in [2.45, 2.75) is 51.6 Å². The number of ether oxygens (including phenoxy) is 1. The Bertz CT molecular complexity index is 2150. The molecule has 0 bridgehead atoms. The van der Waals surface area contributed by atoms with Crippen molar-refractivity contribution in [3.8, 4) is 5.75 Å². The second-order valence-electron chi connectivity index (χ2n) is 13.6. The maximum absolute atomic E-state index is 14.3. The van der Waals surface area contributed by atoms with Crippen LogP contribution in [0.2, 0.25) is 0 Å². The highest BCUT2D eigenvalue weighted by Gasteiger charge is 2.31. The highest BCUT2D eigenvalue weighted by molar-refractivity contribution is 5.97. The van der Waals surface area contributed by atoms with E-state index in [2.05, 4.69) is 29.3 Å². The minimum atomic E-state index is -0.899. The van der Waals surface area contributed by atoms with E-state index in [0.29, 0.717) is 56.9 Å². The van der Waals surface area contributed by atoms with Crippen LogP contribution in [0.25, 0.3) is 21.7 Å². The van der Waals surface area contributed by atoms with E-state index in [1.807, 2.05) is 59.5 Å². The van der Waals surface area contributed by atoms with Crippen LogP contribution in [0.1, 0.15) is 54.3 Å². The smallest absolute Gasteiger partial charge is 0.287 e. The van der Waals surface area contributed by atoms with Crippen LogP contribution in [0.15, 0.2) is 100 Å². The number of nitrogens with one attached hydrogen (secondary N) is 1. The largest absolute Gasteiger partial charge is 0.494 e. The number of anilines is 1. The van der Waals surface area contributed by atoms with E-state index in [-0.39, 0.29) is 35.0 Å². The Morgan fingerprint density at radius 1 is 0.865 bits per heavy atom. The van der Waals surface area contributed by atoms with Crippen molar-refractivity contribution in [3.63, 3.8) is 0 Å². The van der Waals surface area contributed by atoms with Crippen molar-refractivity contribution >= 4 is 45.2 Å². The third kappa shape index (κ3) is 7.81. The minimum absolute atomic E-state index is 0.161. The lowest BCUT2D eigenvalue weighted by Crippen LogP contribution is -2.55. The monoisotopic (exact) mass is 700 g/mol. The maximum atomic E-state index is 14.3. The van der Waals surface area contributed by atoms with Crippen LogP contribution in [0, 0.1) is 0 Å². The van der Waals surface area contributed by atoms with E-state index in [1.165, 1.54) is 6.07 Å². The summed E-state index contributed by atoms with van der Waals surface area (Å²) < 4.78 is 11.7. The normalized spacial score (nSPS) is 15.3. The number of hydrogen-bond acceptors (Lipinski definition) is 7. The Kier molecular flexibility index (Phi) is 10.5. The second kappa shape index (κ2) is 15.7. The molecule has 3 amide bonds. The molecule has 5 aromatic rings. The van der Waals surface area contributed by atoms with E-state index in [0.717, 1.165) is 53.4 Å². The summed E-state index contributed by atoms with van der Waals surface area (Å²) in [6, 6.07) is 27.5. The third-order valence-electron chi connectivity index (χ3n) is 10.0. The topological polar surface area (TPSA) is 112 Å². The fourth-order valence-corrected chi connectivity index (χ4v) is 7.12. The first-order chi connectivity index (χ1) is 25.4. The average molecular weight is 701 g/mol. The first kappa shape index (κ1) is 34.8. The highest BCUT2D eigenvalue weighted by Crippen LogP contribution is 2.26. The number of benzene rings is 4. The molecule has 0 spiro atoms. The van der Waals surface area contributed by atoms with Crippen molar-refractivity contribution in [2.24, 2.45) is 0 Å². The number of rotatable bonds is 12. The van der Waals surface area contributed by atoms with Gasteiger partial charge in [0.1, 0.15) is 17.4 Å². The molecule has 0 radical (unpaired) electrons. The summed E-state index contributed by atoms with van der Waals surface area (Å²) in [7, 11) is 0. The fraction of sp³-hybridized carbons (Fsp3) is 0.333. The predicted molar refractivity (Wildman–Crippen MR) is 202 cm³/mol. The van der Waals surface area contributed by atoms with E-state index < -0.39 is 11.9 Å². The Morgan fingerprint density at radius 3 is 2.44 bits per heavy atom. The molecule has 1 atom stereocenters. The van der Waals surface area contributed by atoms with Crippen molar-refractivity contribution in [2.75, 3.05) is 44.2 Å². The molecule has 52 heavy (non-hydrogen) atoms. The van der Waals surface area contributed by atoms with Crippen molar-refractivity contribution in [1.82, 2.24) is 15.1 Å². The van der Waals surface area contributed by atoms with Gasteiger partial charge >= 0.3 is 0 Å². The van der Waals surface area contributed by atoms with Crippen LogP contribution < -0.4 is 20.4 Å². The van der Waals surface area contributed by atoms with Gasteiger partial charge in [0, 0.05) is 63.9 Å². The van der Waals surface area contributed by atoms with Gasteiger partial charge in [-0.1, -0.05) is 74.0 Å². The van der Waals surface area contributed by atoms with Gasteiger partial charge in [-0.15, -0.1) is 0 Å². The van der Waals surface area contributed by atoms with Crippen molar-refractivity contribution < 1.29 is 23.5 Å². The Morgan fingerprint density at radius 2 is 1.65 bits per heavy atom. The minimum Gasteiger partial charge on any atom is -0.494 e. The van der Waals surface area contributed by atoms with E-state index in [4.69, 9.17) is 9.15 Å². The molecular formula is C42H44N4O6. The van der Waals surface area contributed by atoms with Gasteiger partial charge in [0.2, 0.25) is 11.8 Å². The molecular weight excluding hydrogens is 656 g/mol. The van der Waals surface area contributed by atoms with Gasteiger partial charge in [-0.2, -0.15) is 0 Å². The molecule has 2 aliphatic rings. The lowest BCUT2D eigenvalue weighted by atomic mass is 10.0. The van der Waals surface area contributed by atoms with Crippen LogP contribution in [0.5, 0.6) is 5.75 Å². The van der Waals surface area contributed by atoms with Crippen LogP contribution in [0.3, 0.4) is 0 Å². The maximum Gasteiger partial charge on any atom is 0.287 e. The van der Waals surface area contributed by atoms with Gasteiger partial charge in [-0.3, -0.25) is 19.2 Å². The summed E-state index contributed by atoms with van der Waals surface area (Å²) in [5.74, 6) is -0.239. The number of piperazine rings is 1. The molecule has 1 aromatic heterocycles. The van der Waals surface area contributed by atoms with Gasteiger partial charge in [-0.05, 0) is 59.0 Å². The van der Waals surface area contributed by atoms with Crippen LogP contribution in [-0.4, -0.2) is 72.9 Å². The zero-order valence-electron chi connectivity index (χ0n) is 29.5. The summed E-state index contributed by atoms with van der Waals surface area (Å²) in [4.78, 5) is 59.5. The number of nitrogens with zero attached hydrogens (tertiary/aromatic N) is 3. The van der Waals surface area contributed by atoms with Crippen molar-refractivity contribution in [3.05, 3.63) is 118 Å². The zero-order valence-corrected chi connectivity index (χ0v) is 29.5. The number of para-hydroxylation sites is 1. The Labute approximate surface area is 302 Å². The molecule has 268 valence electrons. The second-order valence-corrected chi connectivity index (χ2v) is 13.6. The molecule has 3 heterocycles. The number of carbonyl (C=O) groups is 3. The average Bonchev–Trinajstić information content (AvgIpc) is 3.58. The summed E-state index contributed by atoms with van der Waals surface area (Å²) in [6.45, 7) is 6.12. The molecule has 1 N–H and O–H groups in total. The number of unbranched alkanes of at least 4 members (excludes halogenated alkanes) is 1. The number of amides is 3. The van der Waals surface area contributed by atoms with E-state index in [1.54, 1.807) is 23.1 Å². The molecule has 2 fully saturated rings. The van der Waals surface area contributed by atoms with E-state index in [9.17, 15) is 19.2 Å². The Hall–Kier alpha value is -5.64. The quantitative estimate of drug-likeness (QED) is 0.161. The molecule has 0 aliphatic carbocycles. The van der Waals surface area contributed by atoms with Gasteiger partial charge in [0.05, 0.1) is 12.0 Å². The molecule has 0 saturated carbocycles. The first-order valence-electron chi connectivity index (χ1n) is 18.2. The molecule has 4 aromatic carbocycles. The van der Waals surface area contributed by atoms with E-state index >= 15 is 0 Å². The lowest BCUT2D eigenvalue weighted by molar-refractivity contribution is -0.133. The molecule has 0 unspecified atom stereocenters. The number of likely N-dealkylation sites (tertiary alicyclic amines) is 1. The summed E-state index contributed by atoms with van der Waals surface area (Å²) in [5, 5.41) is 5.37.